The van der Waals surface area contributed by atoms with Crippen molar-refractivity contribution in [2.45, 2.75) is 38.1 Å². The summed E-state index contributed by atoms with van der Waals surface area (Å²) in [6.45, 7) is 2.71. The molecule has 1 aliphatic heterocycles. The molecule has 0 bridgehead atoms. The zero-order chi connectivity index (χ0) is 23.2. The maximum absolute atomic E-state index is 12.7. The molecule has 1 N–H and O–H groups in total. The van der Waals surface area contributed by atoms with Gasteiger partial charge in [-0.2, -0.15) is 0 Å². The highest BCUT2D eigenvalue weighted by molar-refractivity contribution is 8.00. The number of hydrogen-bond acceptors (Lipinski definition) is 3. The lowest BCUT2D eigenvalue weighted by Crippen LogP contribution is -2.27. The highest BCUT2D eigenvalue weighted by atomic mass is 35.5. The van der Waals surface area contributed by atoms with E-state index in [-0.39, 0.29) is 17.2 Å². The molecular weight excluding hydrogens is 452 g/mol. The number of halogens is 1. The van der Waals surface area contributed by atoms with Gasteiger partial charge in [-0.15, -0.1) is 11.8 Å². The molecule has 4 rings (SSSR count). The van der Waals surface area contributed by atoms with E-state index < -0.39 is 0 Å². The lowest BCUT2D eigenvalue weighted by molar-refractivity contribution is -0.128. The Morgan fingerprint density at radius 1 is 1.00 bits per heavy atom. The van der Waals surface area contributed by atoms with Crippen LogP contribution in [-0.2, 0) is 17.8 Å². The second kappa shape index (κ2) is 10.9. The van der Waals surface area contributed by atoms with Crippen LogP contribution in [0.4, 0.5) is 5.69 Å². The zero-order valence-corrected chi connectivity index (χ0v) is 20.2. The van der Waals surface area contributed by atoms with Crippen LogP contribution in [0.5, 0.6) is 0 Å². The van der Waals surface area contributed by atoms with Crippen molar-refractivity contribution in [2.24, 2.45) is 0 Å². The number of nitrogens with one attached hydrogen (secondary N) is 1. The first-order valence-corrected chi connectivity index (χ1v) is 12.6. The molecule has 6 heteroatoms. The number of rotatable bonds is 8. The Labute approximate surface area is 204 Å². The summed E-state index contributed by atoms with van der Waals surface area (Å²) in [7, 11) is 0. The molecular formula is C27H27ClN2O2S. The number of carbonyl (C=O) groups is 2. The number of anilines is 1. The summed E-state index contributed by atoms with van der Waals surface area (Å²) in [4.78, 5) is 27.1. The van der Waals surface area contributed by atoms with Gasteiger partial charge in [0, 0.05) is 22.8 Å². The summed E-state index contributed by atoms with van der Waals surface area (Å²) in [5.41, 5.74) is 4.71. The molecule has 0 saturated carbocycles. The quantitative estimate of drug-likeness (QED) is 0.391. The molecule has 1 fully saturated rings. The molecule has 1 heterocycles. The van der Waals surface area contributed by atoms with E-state index in [0.29, 0.717) is 22.9 Å². The Kier molecular flexibility index (Phi) is 7.73. The van der Waals surface area contributed by atoms with Crippen LogP contribution in [0.25, 0.3) is 0 Å². The first-order chi connectivity index (χ1) is 16.0. The summed E-state index contributed by atoms with van der Waals surface area (Å²) in [6.07, 6.45) is 3.39. The molecule has 0 radical (unpaired) electrons. The Balaban J connectivity index is 1.40. The number of carbonyl (C=O) groups excluding carboxylic acids is 2. The maximum Gasteiger partial charge on any atom is 0.255 e. The van der Waals surface area contributed by atoms with Gasteiger partial charge in [0.2, 0.25) is 5.91 Å². The van der Waals surface area contributed by atoms with Crippen LogP contribution in [0.15, 0.2) is 72.8 Å². The lowest BCUT2D eigenvalue weighted by atomic mass is 10.1. The maximum atomic E-state index is 12.7. The third-order valence-electron chi connectivity index (χ3n) is 5.72. The van der Waals surface area contributed by atoms with Crippen LogP contribution >= 0.6 is 23.4 Å². The molecule has 1 atom stereocenters. The molecule has 0 spiro atoms. The third kappa shape index (κ3) is 5.98. The highest BCUT2D eigenvalue weighted by Gasteiger charge is 2.32. The van der Waals surface area contributed by atoms with Crippen LogP contribution < -0.4 is 5.32 Å². The second-order valence-electron chi connectivity index (χ2n) is 8.19. The number of hydrogen-bond donors (Lipinski definition) is 1. The second-order valence-corrected chi connectivity index (χ2v) is 9.69. The molecule has 0 aliphatic carbocycles. The predicted octanol–water partition coefficient (Wildman–Crippen LogP) is 6.71. The largest absolute Gasteiger partial charge is 0.322 e. The average molecular weight is 479 g/mol. The molecule has 1 saturated heterocycles. The summed E-state index contributed by atoms with van der Waals surface area (Å²) >= 11 is 7.59. The van der Waals surface area contributed by atoms with Gasteiger partial charge in [0.1, 0.15) is 5.37 Å². The average Bonchev–Trinajstić information content (AvgIpc) is 3.20. The van der Waals surface area contributed by atoms with Gasteiger partial charge < -0.3 is 10.2 Å². The van der Waals surface area contributed by atoms with E-state index in [4.69, 9.17) is 11.6 Å². The summed E-state index contributed by atoms with van der Waals surface area (Å²) in [5.74, 6) is 0.426. The topological polar surface area (TPSA) is 49.4 Å². The van der Waals surface area contributed by atoms with E-state index in [0.717, 1.165) is 23.2 Å². The van der Waals surface area contributed by atoms with Crippen molar-refractivity contribution in [1.82, 2.24) is 4.90 Å². The number of aryl methyl sites for hydroxylation is 1. The van der Waals surface area contributed by atoms with E-state index in [9.17, 15) is 9.59 Å². The van der Waals surface area contributed by atoms with Crippen molar-refractivity contribution in [3.8, 4) is 0 Å². The first kappa shape index (κ1) is 23.4. The van der Waals surface area contributed by atoms with Crippen molar-refractivity contribution >= 4 is 40.9 Å². The fraction of sp³-hybridized carbons (Fsp3) is 0.259. The minimum absolute atomic E-state index is 0.0686. The van der Waals surface area contributed by atoms with Gasteiger partial charge >= 0.3 is 0 Å². The fourth-order valence-corrected chi connectivity index (χ4v) is 5.14. The Morgan fingerprint density at radius 2 is 1.67 bits per heavy atom. The molecule has 0 unspecified atom stereocenters. The standard InChI is InChI=1S/C27H27ClN2O2S/c1-2-3-4-19-7-15-24(16-8-19)29-26(32)21-9-11-22(12-10-21)27-30(25(31)18-33-27)17-20-5-13-23(28)14-6-20/h5-16,27H,2-4,17-18H2,1H3,(H,29,32)/t27-/m1/s1. The van der Waals surface area contributed by atoms with Gasteiger partial charge in [-0.1, -0.05) is 61.3 Å². The molecule has 33 heavy (non-hydrogen) atoms. The van der Waals surface area contributed by atoms with Crippen LogP contribution in [-0.4, -0.2) is 22.5 Å². The van der Waals surface area contributed by atoms with Crippen molar-refractivity contribution in [1.29, 1.82) is 0 Å². The SMILES string of the molecule is CCCCc1ccc(NC(=O)c2ccc([C@H]3SCC(=O)N3Cc3ccc(Cl)cc3)cc2)cc1. The van der Waals surface area contributed by atoms with Crippen molar-refractivity contribution in [2.75, 3.05) is 11.1 Å². The van der Waals surface area contributed by atoms with Gasteiger partial charge in [-0.25, -0.2) is 0 Å². The third-order valence-corrected chi connectivity index (χ3v) is 7.23. The number of thioether (sulfide) groups is 1. The Hall–Kier alpha value is -2.76. The zero-order valence-electron chi connectivity index (χ0n) is 18.6. The van der Waals surface area contributed by atoms with Crippen LogP contribution in [0.3, 0.4) is 0 Å². The molecule has 0 aromatic heterocycles. The lowest BCUT2D eigenvalue weighted by Gasteiger charge is -2.24. The fourth-order valence-electron chi connectivity index (χ4n) is 3.83. The Morgan fingerprint density at radius 3 is 2.33 bits per heavy atom. The van der Waals surface area contributed by atoms with E-state index >= 15 is 0 Å². The summed E-state index contributed by atoms with van der Waals surface area (Å²) in [6, 6.07) is 23.1. The molecule has 170 valence electrons. The number of unbranched alkanes of at least 4 members (excludes halogenated alkanes) is 1. The van der Waals surface area contributed by atoms with Gasteiger partial charge in [0.15, 0.2) is 0 Å². The molecule has 4 nitrogen and oxygen atoms in total. The van der Waals surface area contributed by atoms with Gasteiger partial charge in [0.25, 0.3) is 5.91 Å². The van der Waals surface area contributed by atoms with Crippen molar-refractivity contribution < 1.29 is 9.59 Å². The number of benzene rings is 3. The highest BCUT2D eigenvalue weighted by Crippen LogP contribution is 2.39. The van der Waals surface area contributed by atoms with E-state index in [1.54, 1.807) is 11.8 Å². The minimum Gasteiger partial charge on any atom is -0.322 e. The monoisotopic (exact) mass is 478 g/mol. The van der Waals surface area contributed by atoms with Gasteiger partial charge in [-0.05, 0) is 65.9 Å². The minimum atomic E-state index is -0.143. The molecule has 3 aromatic carbocycles. The summed E-state index contributed by atoms with van der Waals surface area (Å²) in [5, 5.41) is 3.57. The molecule has 2 amide bonds. The van der Waals surface area contributed by atoms with E-state index in [1.807, 2.05) is 65.6 Å². The van der Waals surface area contributed by atoms with Crippen molar-refractivity contribution in [3.63, 3.8) is 0 Å². The first-order valence-electron chi connectivity index (χ1n) is 11.2. The van der Waals surface area contributed by atoms with Crippen LogP contribution in [0.2, 0.25) is 5.02 Å². The smallest absolute Gasteiger partial charge is 0.255 e. The molecule has 1 aliphatic rings. The van der Waals surface area contributed by atoms with Gasteiger partial charge in [-0.3, -0.25) is 9.59 Å². The van der Waals surface area contributed by atoms with E-state index in [1.165, 1.54) is 18.4 Å². The van der Waals surface area contributed by atoms with E-state index in [2.05, 4.69) is 24.4 Å². The predicted molar refractivity (Wildman–Crippen MR) is 137 cm³/mol. The number of amides is 2. The van der Waals surface area contributed by atoms with Crippen LogP contribution in [0, 0.1) is 0 Å². The van der Waals surface area contributed by atoms with Crippen LogP contribution in [0.1, 0.15) is 52.2 Å². The number of nitrogens with zero attached hydrogens (tertiary/aromatic N) is 1. The van der Waals surface area contributed by atoms with Gasteiger partial charge in [0.05, 0.1) is 5.75 Å². The Bertz CT molecular complexity index is 1100. The summed E-state index contributed by atoms with van der Waals surface area (Å²) < 4.78 is 0. The molecule has 3 aromatic rings. The normalized spacial score (nSPS) is 15.6. The van der Waals surface area contributed by atoms with Crippen molar-refractivity contribution in [3.05, 3.63) is 100 Å².